The van der Waals surface area contributed by atoms with E-state index in [9.17, 15) is 5.26 Å². The Bertz CT molecular complexity index is 959. The highest BCUT2D eigenvalue weighted by atomic mass is 15.1. The summed E-state index contributed by atoms with van der Waals surface area (Å²) in [6.45, 7) is 2.50. The van der Waals surface area contributed by atoms with Gasteiger partial charge in [0.15, 0.2) is 0 Å². The Morgan fingerprint density at radius 1 is 1.13 bits per heavy atom. The van der Waals surface area contributed by atoms with E-state index >= 15 is 0 Å². The van der Waals surface area contributed by atoms with Crippen LogP contribution in [0.5, 0.6) is 0 Å². The number of fused-ring (bicyclic) bond motifs is 3. The van der Waals surface area contributed by atoms with Gasteiger partial charge in [0.2, 0.25) is 0 Å². The number of aryl methyl sites for hydroxylation is 1. The van der Waals surface area contributed by atoms with Gasteiger partial charge in [0.1, 0.15) is 5.82 Å². The first-order valence-electron chi connectivity index (χ1n) is 7.46. The maximum Gasteiger partial charge on any atom is 0.135 e. The summed E-state index contributed by atoms with van der Waals surface area (Å²) in [6.07, 6.45) is 2.02. The topological polar surface area (TPSA) is 54.0 Å². The van der Waals surface area contributed by atoms with E-state index in [0.29, 0.717) is 12.1 Å². The standard InChI is InChI=1S/C19H14N4/c1-13-12-23-17-8-7-14(10-20)9-16(17)19(21-11-18(23)22-13)15-5-3-2-4-6-15/h2-9,12H,11H2,1H3. The first-order chi connectivity index (χ1) is 11.3. The Morgan fingerprint density at radius 3 is 2.74 bits per heavy atom. The third-order valence-electron chi connectivity index (χ3n) is 3.97. The van der Waals surface area contributed by atoms with E-state index in [0.717, 1.165) is 34.0 Å². The van der Waals surface area contributed by atoms with E-state index in [-0.39, 0.29) is 0 Å². The molecule has 0 unspecified atom stereocenters. The van der Waals surface area contributed by atoms with Gasteiger partial charge in [-0.1, -0.05) is 30.3 Å². The fourth-order valence-corrected chi connectivity index (χ4v) is 2.95. The number of nitrogens with zero attached hydrogens (tertiary/aromatic N) is 4. The fraction of sp³-hybridized carbons (Fsp3) is 0.105. The van der Waals surface area contributed by atoms with Crippen molar-refractivity contribution in [2.45, 2.75) is 13.5 Å². The van der Waals surface area contributed by atoms with Gasteiger partial charge in [0, 0.05) is 17.3 Å². The van der Waals surface area contributed by atoms with E-state index in [2.05, 4.69) is 15.6 Å². The van der Waals surface area contributed by atoms with Crippen LogP contribution < -0.4 is 0 Å². The highest BCUT2D eigenvalue weighted by molar-refractivity contribution is 6.15. The van der Waals surface area contributed by atoms with Crippen molar-refractivity contribution in [3.63, 3.8) is 0 Å². The predicted octanol–water partition coefficient (Wildman–Crippen LogP) is 3.40. The van der Waals surface area contributed by atoms with Crippen molar-refractivity contribution in [1.82, 2.24) is 9.55 Å². The molecule has 0 bridgehead atoms. The van der Waals surface area contributed by atoms with Crippen molar-refractivity contribution in [3.8, 4) is 11.8 Å². The molecule has 0 saturated carbocycles. The van der Waals surface area contributed by atoms with E-state index in [1.807, 2.05) is 61.7 Å². The maximum atomic E-state index is 9.26. The lowest BCUT2D eigenvalue weighted by Gasteiger charge is -2.12. The second-order valence-electron chi connectivity index (χ2n) is 5.54. The van der Waals surface area contributed by atoms with Gasteiger partial charge in [0.25, 0.3) is 0 Å². The average molecular weight is 298 g/mol. The molecule has 0 fully saturated rings. The number of hydrogen-bond acceptors (Lipinski definition) is 3. The lowest BCUT2D eigenvalue weighted by Crippen LogP contribution is -2.07. The van der Waals surface area contributed by atoms with Crippen LogP contribution in [0.1, 0.15) is 28.2 Å². The van der Waals surface area contributed by atoms with Gasteiger partial charge in [0.05, 0.1) is 35.3 Å². The van der Waals surface area contributed by atoms with E-state index in [1.54, 1.807) is 0 Å². The lowest BCUT2D eigenvalue weighted by molar-refractivity contribution is 0.878. The van der Waals surface area contributed by atoms with Gasteiger partial charge >= 0.3 is 0 Å². The van der Waals surface area contributed by atoms with Crippen LogP contribution in [0.2, 0.25) is 0 Å². The van der Waals surface area contributed by atoms with Gasteiger partial charge < -0.3 is 4.57 Å². The number of imidazole rings is 1. The van der Waals surface area contributed by atoms with Crippen LogP contribution in [0.25, 0.3) is 5.69 Å². The van der Waals surface area contributed by atoms with Gasteiger partial charge in [-0.25, -0.2) is 4.98 Å². The zero-order chi connectivity index (χ0) is 15.8. The molecule has 0 N–H and O–H groups in total. The van der Waals surface area contributed by atoms with E-state index in [1.165, 1.54) is 0 Å². The van der Waals surface area contributed by atoms with Crippen molar-refractivity contribution in [3.05, 3.63) is 82.9 Å². The molecule has 4 nitrogen and oxygen atoms in total. The maximum absolute atomic E-state index is 9.26. The van der Waals surface area contributed by atoms with Gasteiger partial charge in [-0.15, -0.1) is 0 Å². The van der Waals surface area contributed by atoms with E-state index in [4.69, 9.17) is 4.99 Å². The van der Waals surface area contributed by atoms with Crippen molar-refractivity contribution in [1.29, 1.82) is 5.26 Å². The minimum absolute atomic E-state index is 0.522. The summed E-state index contributed by atoms with van der Waals surface area (Å²) < 4.78 is 2.07. The zero-order valence-corrected chi connectivity index (χ0v) is 12.7. The average Bonchev–Trinajstić information content (AvgIpc) is 2.89. The minimum Gasteiger partial charge on any atom is -0.301 e. The summed E-state index contributed by atoms with van der Waals surface area (Å²) in [5.74, 6) is 0.916. The highest BCUT2D eigenvalue weighted by Crippen LogP contribution is 2.26. The molecule has 1 aliphatic rings. The predicted molar refractivity (Wildman–Crippen MR) is 88.8 cm³/mol. The SMILES string of the molecule is Cc1cn2c(n1)CN=C(c1ccccc1)c1cc(C#N)ccc1-2. The number of benzene rings is 2. The first kappa shape index (κ1) is 13.5. The molecule has 2 heterocycles. The molecule has 1 aromatic heterocycles. The van der Waals surface area contributed by atoms with Crippen molar-refractivity contribution in [2.24, 2.45) is 4.99 Å². The Kier molecular flexibility index (Phi) is 3.06. The Labute approximate surface area is 134 Å². The van der Waals surface area contributed by atoms with Crippen LogP contribution in [0.15, 0.2) is 59.7 Å². The van der Waals surface area contributed by atoms with Crippen LogP contribution in [0.3, 0.4) is 0 Å². The number of hydrogen-bond donors (Lipinski definition) is 0. The molecule has 0 atom stereocenters. The minimum atomic E-state index is 0.522. The van der Waals surface area contributed by atoms with Crippen molar-refractivity contribution in [2.75, 3.05) is 0 Å². The summed E-state index contributed by atoms with van der Waals surface area (Å²) in [5.41, 5.74) is 5.53. The molecular weight excluding hydrogens is 284 g/mol. The quantitative estimate of drug-likeness (QED) is 0.691. The Hall–Kier alpha value is -3.19. The van der Waals surface area contributed by atoms with Crippen LogP contribution in [0, 0.1) is 18.3 Å². The fourth-order valence-electron chi connectivity index (χ4n) is 2.95. The summed E-state index contributed by atoms with van der Waals surface area (Å²) in [7, 11) is 0. The monoisotopic (exact) mass is 298 g/mol. The van der Waals surface area contributed by atoms with Crippen molar-refractivity contribution < 1.29 is 0 Å². The Morgan fingerprint density at radius 2 is 1.96 bits per heavy atom. The van der Waals surface area contributed by atoms with Gasteiger partial charge in [-0.2, -0.15) is 5.26 Å². The summed E-state index contributed by atoms with van der Waals surface area (Å²) in [4.78, 5) is 9.36. The first-order valence-corrected chi connectivity index (χ1v) is 7.46. The summed E-state index contributed by atoms with van der Waals surface area (Å²) in [6, 6.07) is 18.0. The van der Waals surface area contributed by atoms with Gasteiger partial charge in [-0.3, -0.25) is 4.99 Å². The second kappa shape index (κ2) is 5.22. The molecular formula is C19H14N4. The molecule has 0 saturated heterocycles. The number of aliphatic imine (C=N–C) groups is 1. The van der Waals surface area contributed by atoms with Crippen LogP contribution in [-0.4, -0.2) is 15.3 Å². The molecule has 0 spiro atoms. The molecule has 110 valence electrons. The molecule has 23 heavy (non-hydrogen) atoms. The number of rotatable bonds is 1. The molecule has 1 aliphatic heterocycles. The largest absolute Gasteiger partial charge is 0.301 e. The molecule has 3 aromatic rings. The Balaban J connectivity index is 2.00. The van der Waals surface area contributed by atoms with Crippen molar-refractivity contribution >= 4 is 5.71 Å². The van der Waals surface area contributed by atoms with Gasteiger partial charge in [-0.05, 0) is 25.1 Å². The second-order valence-corrected chi connectivity index (χ2v) is 5.54. The molecule has 0 aliphatic carbocycles. The third kappa shape index (κ3) is 2.23. The lowest BCUT2D eigenvalue weighted by atomic mass is 9.98. The normalized spacial score (nSPS) is 12.6. The summed E-state index contributed by atoms with van der Waals surface area (Å²) in [5, 5.41) is 9.26. The third-order valence-corrected chi connectivity index (χ3v) is 3.97. The smallest absolute Gasteiger partial charge is 0.135 e. The molecule has 0 amide bonds. The number of aromatic nitrogens is 2. The number of nitriles is 1. The zero-order valence-electron chi connectivity index (χ0n) is 12.7. The van der Waals surface area contributed by atoms with Crippen LogP contribution >= 0.6 is 0 Å². The molecule has 0 radical (unpaired) electrons. The molecule has 4 heteroatoms. The molecule has 2 aromatic carbocycles. The van der Waals surface area contributed by atoms with E-state index < -0.39 is 0 Å². The van der Waals surface area contributed by atoms with Crippen LogP contribution in [-0.2, 0) is 6.54 Å². The summed E-state index contributed by atoms with van der Waals surface area (Å²) >= 11 is 0. The highest BCUT2D eigenvalue weighted by Gasteiger charge is 2.20. The van der Waals surface area contributed by atoms with Crippen LogP contribution in [0.4, 0.5) is 0 Å². The molecule has 4 rings (SSSR count).